The van der Waals surface area contributed by atoms with Crippen LogP contribution in [0.4, 0.5) is 5.69 Å². The Hall–Kier alpha value is -2.86. The first-order valence-corrected chi connectivity index (χ1v) is 6.80. The molecule has 8 nitrogen and oxygen atoms in total. The highest BCUT2D eigenvalue weighted by Crippen LogP contribution is 2.09. The topological polar surface area (TPSA) is 120 Å². The maximum atomic E-state index is 12.2. The second-order valence-corrected chi connectivity index (χ2v) is 4.47. The standard InChI is InChI=1S/C14H18N6O2/c1-3-5-12(19-13(21)4-2)14(22)18-11-7-6-10(16-8-11)9-17-20-15/h4,6-8,12H,2-3,5,9H2,1H3,(H,18,22)(H,19,21). The van der Waals surface area contributed by atoms with Crippen molar-refractivity contribution in [2.45, 2.75) is 32.4 Å². The largest absolute Gasteiger partial charge is 0.341 e. The smallest absolute Gasteiger partial charge is 0.247 e. The first-order valence-electron chi connectivity index (χ1n) is 6.80. The lowest BCUT2D eigenvalue weighted by Crippen LogP contribution is -2.43. The van der Waals surface area contributed by atoms with Crippen molar-refractivity contribution in [1.29, 1.82) is 0 Å². The molecule has 0 aliphatic carbocycles. The van der Waals surface area contributed by atoms with Gasteiger partial charge in [-0.2, -0.15) is 0 Å². The molecule has 116 valence electrons. The molecule has 1 rings (SSSR count). The molecule has 0 radical (unpaired) electrons. The molecule has 8 heteroatoms. The Bertz CT molecular complexity index is 578. The third kappa shape index (κ3) is 5.64. The fourth-order valence-electron chi connectivity index (χ4n) is 1.71. The highest BCUT2D eigenvalue weighted by atomic mass is 16.2. The summed E-state index contributed by atoms with van der Waals surface area (Å²) in [5, 5.41) is 8.67. The molecule has 1 aromatic heterocycles. The van der Waals surface area contributed by atoms with Crippen molar-refractivity contribution in [2.24, 2.45) is 5.11 Å². The minimum Gasteiger partial charge on any atom is -0.341 e. The van der Waals surface area contributed by atoms with Gasteiger partial charge < -0.3 is 10.6 Å². The van der Waals surface area contributed by atoms with Crippen molar-refractivity contribution in [3.8, 4) is 0 Å². The summed E-state index contributed by atoms with van der Waals surface area (Å²) >= 11 is 0. The average molecular weight is 302 g/mol. The SMILES string of the molecule is C=CC(=O)NC(CCC)C(=O)Nc1ccc(CN=[N+]=[N-])nc1. The van der Waals surface area contributed by atoms with Crippen molar-refractivity contribution in [2.75, 3.05) is 5.32 Å². The van der Waals surface area contributed by atoms with E-state index >= 15 is 0 Å². The van der Waals surface area contributed by atoms with Crippen LogP contribution >= 0.6 is 0 Å². The predicted molar refractivity (Wildman–Crippen MR) is 82.8 cm³/mol. The van der Waals surface area contributed by atoms with Gasteiger partial charge in [-0.3, -0.25) is 14.6 Å². The molecule has 2 N–H and O–H groups in total. The molecule has 1 atom stereocenters. The Kier molecular flexibility index (Phi) is 7.15. The van der Waals surface area contributed by atoms with Crippen LogP contribution in [0, 0.1) is 0 Å². The maximum Gasteiger partial charge on any atom is 0.247 e. The lowest BCUT2D eigenvalue weighted by Gasteiger charge is -2.16. The van der Waals surface area contributed by atoms with Gasteiger partial charge >= 0.3 is 0 Å². The van der Waals surface area contributed by atoms with Crippen molar-refractivity contribution >= 4 is 17.5 Å². The van der Waals surface area contributed by atoms with Crippen LogP contribution in [0.25, 0.3) is 10.4 Å². The van der Waals surface area contributed by atoms with E-state index in [4.69, 9.17) is 5.53 Å². The Morgan fingerprint density at radius 2 is 2.32 bits per heavy atom. The van der Waals surface area contributed by atoms with Crippen LogP contribution in [-0.4, -0.2) is 22.8 Å². The van der Waals surface area contributed by atoms with E-state index in [-0.39, 0.29) is 12.5 Å². The van der Waals surface area contributed by atoms with Crippen molar-refractivity contribution in [3.05, 3.63) is 47.1 Å². The lowest BCUT2D eigenvalue weighted by atomic mass is 10.1. The number of nitrogens with one attached hydrogen (secondary N) is 2. The van der Waals surface area contributed by atoms with E-state index in [9.17, 15) is 9.59 Å². The van der Waals surface area contributed by atoms with Gasteiger partial charge in [0.25, 0.3) is 0 Å². The number of carbonyl (C=O) groups excluding carboxylic acids is 2. The Morgan fingerprint density at radius 3 is 2.86 bits per heavy atom. The summed E-state index contributed by atoms with van der Waals surface area (Å²) in [4.78, 5) is 30.2. The summed E-state index contributed by atoms with van der Waals surface area (Å²) in [6, 6.07) is 2.69. The maximum absolute atomic E-state index is 12.2. The van der Waals surface area contributed by atoms with Gasteiger partial charge in [-0.1, -0.05) is 25.0 Å². The molecule has 0 aromatic carbocycles. The summed E-state index contributed by atoms with van der Waals surface area (Å²) in [7, 11) is 0. The molecular weight excluding hydrogens is 284 g/mol. The number of nitrogens with zero attached hydrogens (tertiary/aromatic N) is 4. The van der Waals surface area contributed by atoms with Crippen LogP contribution in [0.1, 0.15) is 25.5 Å². The molecule has 0 aliphatic rings. The zero-order chi connectivity index (χ0) is 16.4. The minimum atomic E-state index is -0.627. The molecule has 1 unspecified atom stereocenters. The number of hydrogen-bond acceptors (Lipinski definition) is 4. The van der Waals surface area contributed by atoms with Gasteiger partial charge in [0, 0.05) is 10.6 Å². The van der Waals surface area contributed by atoms with Crippen LogP contribution in [0.3, 0.4) is 0 Å². The third-order valence-corrected chi connectivity index (χ3v) is 2.78. The fourth-order valence-corrected chi connectivity index (χ4v) is 1.71. The molecule has 1 aromatic rings. The van der Waals surface area contributed by atoms with E-state index in [0.717, 1.165) is 12.5 Å². The summed E-state index contributed by atoms with van der Waals surface area (Å²) in [5.74, 6) is -0.710. The molecule has 1 heterocycles. The first-order chi connectivity index (χ1) is 10.6. The summed E-state index contributed by atoms with van der Waals surface area (Å²) < 4.78 is 0. The third-order valence-electron chi connectivity index (χ3n) is 2.78. The lowest BCUT2D eigenvalue weighted by molar-refractivity contribution is -0.124. The number of carbonyl (C=O) groups is 2. The fraction of sp³-hybridized carbons (Fsp3) is 0.357. The van der Waals surface area contributed by atoms with Gasteiger partial charge in [0.05, 0.1) is 18.4 Å². The molecular formula is C14H18N6O2. The highest BCUT2D eigenvalue weighted by molar-refractivity contribution is 5.98. The van der Waals surface area contributed by atoms with Gasteiger partial charge in [-0.05, 0) is 30.2 Å². The average Bonchev–Trinajstić information content (AvgIpc) is 2.53. The number of anilines is 1. The Morgan fingerprint density at radius 1 is 1.55 bits per heavy atom. The zero-order valence-corrected chi connectivity index (χ0v) is 12.3. The predicted octanol–water partition coefficient (Wildman–Crippen LogP) is 2.30. The van der Waals surface area contributed by atoms with E-state index in [1.54, 1.807) is 12.1 Å². The van der Waals surface area contributed by atoms with E-state index in [1.165, 1.54) is 6.20 Å². The summed E-state index contributed by atoms with van der Waals surface area (Å²) in [6.07, 6.45) is 3.87. The first kappa shape index (κ1) is 17.2. The van der Waals surface area contributed by atoms with Crippen LogP contribution in [0.5, 0.6) is 0 Å². The van der Waals surface area contributed by atoms with Crippen LogP contribution < -0.4 is 10.6 Å². The molecule has 2 amide bonds. The quantitative estimate of drug-likeness (QED) is 0.332. The molecule has 0 spiro atoms. The number of amides is 2. The van der Waals surface area contributed by atoms with E-state index in [0.29, 0.717) is 17.8 Å². The molecule has 22 heavy (non-hydrogen) atoms. The summed E-state index contributed by atoms with van der Waals surface area (Å²) in [5.41, 5.74) is 9.34. The van der Waals surface area contributed by atoms with Crippen molar-refractivity contribution < 1.29 is 9.59 Å². The summed E-state index contributed by atoms with van der Waals surface area (Å²) in [6.45, 7) is 5.44. The second-order valence-electron chi connectivity index (χ2n) is 4.47. The number of pyridine rings is 1. The van der Waals surface area contributed by atoms with Crippen LogP contribution in [-0.2, 0) is 16.1 Å². The van der Waals surface area contributed by atoms with Crippen molar-refractivity contribution in [1.82, 2.24) is 10.3 Å². The molecule has 0 saturated heterocycles. The number of hydrogen-bond donors (Lipinski definition) is 2. The zero-order valence-electron chi connectivity index (χ0n) is 12.3. The Balaban J connectivity index is 2.69. The number of azide groups is 1. The molecule has 0 bridgehead atoms. The van der Waals surface area contributed by atoms with Gasteiger partial charge in [0.1, 0.15) is 6.04 Å². The monoisotopic (exact) mass is 302 g/mol. The van der Waals surface area contributed by atoms with Gasteiger partial charge in [-0.25, -0.2) is 0 Å². The van der Waals surface area contributed by atoms with E-state index < -0.39 is 11.9 Å². The number of rotatable bonds is 8. The molecule has 0 saturated carbocycles. The van der Waals surface area contributed by atoms with Crippen LogP contribution in [0.2, 0.25) is 0 Å². The molecule has 0 aliphatic heterocycles. The van der Waals surface area contributed by atoms with Crippen molar-refractivity contribution in [3.63, 3.8) is 0 Å². The highest BCUT2D eigenvalue weighted by Gasteiger charge is 2.18. The minimum absolute atomic E-state index is 0.151. The normalized spacial score (nSPS) is 11.0. The van der Waals surface area contributed by atoms with Gasteiger partial charge in [0.15, 0.2) is 0 Å². The van der Waals surface area contributed by atoms with E-state index in [2.05, 4.69) is 32.2 Å². The molecule has 0 fully saturated rings. The number of aromatic nitrogens is 1. The van der Waals surface area contributed by atoms with E-state index in [1.807, 2.05) is 6.92 Å². The van der Waals surface area contributed by atoms with Gasteiger partial charge in [0.2, 0.25) is 11.8 Å². The van der Waals surface area contributed by atoms with Gasteiger partial charge in [-0.15, -0.1) is 0 Å². The van der Waals surface area contributed by atoms with Crippen LogP contribution in [0.15, 0.2) is 36.1 Å². The Labute approximate surface area is 128 Å². The second kappa shape index (κ2) is 9.15.